The quantitative estimate of drug-likeness (QED) is 0.612. The van der Waals surface area contributed by atoms with Gasteiger partial charge in [0.15, 0.2) is 0 Å². The molecule has 0 bridgehead atoms. The molecular weight excluding hydrogens is 165 g/mol. The maximum absolute atomic E-state index is 12.1. The fourth-order valence-electron chi connectivity index (χ4n) is 0.877. The minimum atomic E-state index is -4.15. The molecule has 0 heterocycles. The first-order valence-electron chi connectivity index (χ1n) is 3.54. The van der Waals surface area contributed by atoms with Gasteiger partial charge in [0.2, 0.25) is 0 Å². The van der Waals surface area contributed by atoms with E-state index in [-0.39, 0.29) is 5.56 Å². The molecule has 12 heavy (non-hydrogen) atoms. The molecule has 0 saturated heterocycles. The van der Waals surface area contributed by atoms with E-state index in [1.807, 2.05) is 0 Å². The van der Waals surface area contributed by atoms with E-state index in [1.165, 1.54) is 24.3 Å². The molecule has 1 radical (unpaired) electrons. The van der Waals surface area contributed by atoms with Crippen LogP contribution in [0.5, 0.6) is 0 Å². The van der Waals surface area contributed by atoms with Crippen LogP contribution in [0.25, 0.3) is 0 Å². The Bertz CT molecular complexity index is 238. The maximum atomic E-state index is 12.1. The molecule has 0 nitrogen and oxygen atoms in total. The van der Waals surface area contributed by atoms with Crippen LogP contribution in [0, 0.1) is 6.07 Å². The fraction of sp³-hybridized carbons (Fsp3) is 0.333. The average Bonchev–Trinajstić information content (AvgIpc) is 2.03. The van der Waals surface area contributed by atoms with Gasteiger partial charge in [-0.25, -0.2) is 0 Å². The third kappa shape index (κ3) is 2.00. The Balaban J connectivity index is 2.86. The second-order valence-corrected chi connectivity index (χ2v) is 2.60. The summed E-state index contributed by atoms with van der Waals surface area (Å²) >= 11 is 0. The summed E-state index contributed by atoms with van der Waals surface area (Å²) in [5.74, 6) is -1.40. The van der Waals surface area contributed by atoms with Crippen LogP contribution in [0.1, 0.15) is 18.4 Å². The highest BCUT2D eigenvalue weighted by atomic mass is 19.4. The molecule has 1 atom stereocenters. The third-order valence-electron chi connectivity index (χ3n) is 1.74. The molecule has 0 spiro atoms. The van der Waals surface area contributed by atoms with E-state index in [9.17, 15) is 13.2 Å². The van der Waals surface area contributed by atoms with Crippen molar-refractivity contribution in [2.75, 3.05) is 0 Å². The zero-order chi connectivity index (χ0) is 9.19. The van der Waals surface area contributed by atoms with E-state index < -0.39 is 12.1 Å². The van der Waals surface area contributed by atoms with Gasteiger partial charge in [-0.3, -0.25) is 0 Å². The predicted molar refractivity (Wildman–Crippen MR) is 39.7 cm³/mol. The van der Waals surface area contributed by atoms with Gasteiger partial charge in [0.05, 0.1) is 5.92 Å². The van der Waals surface area contributed by atoms with Gasteiger partial charge >= 0.3 is 6.18 Å². The third-order valence-corrected chi connectivity index (χ3v) is 1.74. The predicted octanol–water partition coefficient (Wildman–Crippen LogP) is 3.15. The van der Waals surface area contributed by atoms with Crippen molar-refractivity contribution >= 4 is 0 Å². The maximum Gasteiger partial charge on any atom is 0.395 e. The van der Waals surface area contributed by atoms with E-state index in [0.29, 0.717) is 0 Å². The minimum absolute atomic E-state index is 0.279. The lowest BCUT2D eigenvalue weighted by Crippen LogP contribution is -2.17. The zero-order valence-electron chi connectivity index (χ0n) is 6.52. The molecule has 0 saturated carbocycles. The summed E-state index contributed by atoms with van der Waals surface area (Å²) in [6.07, 6.45) is -4.15. The number of hydrogen-bond acceptors (Lipinski definition) is 0. The molecule has 0 amide bonds. The van der Waals surface area contributed by atoms with Crippen LogP contribution in [0.15, 0.2) is 24.3 Å². The lowest BCUT2D eigenvalue weighted by molar-refractivity contribution is -0.146. The monoisotopic (exact) mass is 173 g/mol. The average molecular weight is 173 g/mol. The van der Waals surface area contributed by atoms with Gasteiger partial charge in [-0.05, 0) is 18.6 Å². The summed E-state index contributed by atoms with van der Waals surface area (Å²) < 4.78 is 36.4. The van der Waals surface area contributed by atoms with Crippen LogP contribution in [-0.4, -0.2) is 6.18 Å². The van der Waals surface area contributed by atoms with Gasteiger partial charge in [-0.2, -0.15) is 13.2 Å². The van der Waals surface area contributed by atoms with E-state index in [2.05, 4.69) is 6.07 Å². The highest BCUT2D eigenvalue weighted by Gasteiger charge is 2.36. The molecule has 0 aliphatic carbocycles. The highest BCUT2D eigenvalue weighted by Crippen LogP contribution is 2.33. The minimum Gasteiger partial charge on any atom is -0.170 e. The largest absolute Gasteiger partial charge is 0.395 e. The second-order valence-electron chi connectivity index (χ2n) is 2.60. The first-order chi connectivity index (χ1) is 5.52. The number of alkyl halides is 3. The van der Waals surface area contributed by atoms with E-state index in [1.54, 1.807) is 0 Å². The Labute approximate surface area is 69.0 Å². The van der Waals surface area contributed by atoms with Crippen molar-refractivity contribution in [3.05, 3.63) is 35.9 Å². The molecule has 0 fully saturated rings. The van der Waals surface area contributed by atoms with Crippen molar-refractivity contribution in [2.24, 2.45) is 0 Å². The van der Waals surface area contributed by atoms with Gasteiger partial charge in [-0.1, -0.05) is 24.3 Å². The first-order valence-corrected chi connectivity index (χ1v) is 3.54. The van der Waals surface area contributed by atoms with E-state index >= 15 is 0 Å². The Morgan fingerprint density at radius 2 is 1.75 bits per heavy atom. The summed E-state index contributed by atoms with van der Waals surface area (Å²) in [5.41, 5.74) is 0.279. The van der Waals surface area contributed by atoms with Crippen molar-refractivity contribution < 1.29 is 13.2 Å². The van der Waals surface area contributed by atoms with Gasteiger partial charge in [0, 0.05) is 0 Å². The Kier molecular flexibility index (Phi) is 2.40. The van der Waals surface area contributed by atoms with Crippen LogP contribution in [0.3, 0.4) is 0 Å². The van der Waals surface area contributed by atoms with E-state index in [0.717, 1.165) is 6.92 Å². The molecule has 0 aromatic heterocycles. The van der Waals surface area contributed by atoms with Crippen LogP contribution in [-0.2, 0) is 0 Å². The molecule has 1 aromatic rings. The van der Waals surface area contributed by atoms with Gasteiger partial charge in [0.25, 0.3) is 0 Å². The Morgan fingerprint density at radius 1 is 1.25 bits per heavy atom. The Morgan fingerprint density at radius 3 is 2.17 bits per heavy atom. The van der Waals surface area contributed by atoms with Crippen LogP contribution in [0.4, 0.5) is 13.2 Å². The summed E-state index contributed by atoms with van der Waals surface area (Å²) in [7, 11) is 0. The van der Waals surface area contributed by atoms with Crippen LogP contribution < -0.4 is 0 Å². The normalized spacial score (nSPS) is 14.3. The van der Waals surface area contributed by atoms with Crippen molar-refractivity contribution in [1.82, 2.24) is 0 Å². The van der Waals surface area contributed by atoms with Crippen molar-refractivity contribution in [1.29, 1.82) is 0 Å². The molecule has 3 heteroatoms. The smallest absolute Gasteiger partial charge is 0.170 e. The summed E-state index contributed by atoms with van der Waals surface area (Å²) in [4.78, 5) is 0. The van der Waals surface area contributed by atoms with Crippen molar-refractivity contribution in [2.45, 2.75) is 19.0 Å². The molecule has 1 aromatic carbocycles. The summed E-state index contributed by atoms with van der Waals surface area (Å²) in [6.45, 7) is 1.15. The molecule has 0 unspecified atom stereocenters. The topological polar surface area (TPSA) is 0 Å². The molecule has 1 rings (SSSR count). The number of benzene rings is 1. The summed E-state index contributed by atoms with van der Waals surface area (Å²) in [5, 5.41) is 0. The molecule has 65 valence electrons. The molecule has 0 aliphatic heterocycles. The van der Waals surface area contributed by atoms with Crippen LogP contribution >= 0.6 is 0 Å². The molecular formula is C9H8F3. The van der Waals surface area contributed by atoms with E-state index in [4.69, 9.17) is 0 Å². The van der Waals surface area contributed by atoms with Crippen molar-refractivity contribution in [3.8, 4) is 0 Å². The fourth-order valence-corrected chi connectivity index (χ4v) is 0.877. The summed E-state index contributed by atoms with van der Waals surface area (Å²) in [6, 6.07) is 8.50. The number of hydrogen-bond donors (Lipinski definition) is 0. The van der Waals surface area contributed by atoms with Crippen LogP contribution in [0.2, 0.25) is 0 Å². The zero-order valence-corrected chi connectivity index (χ0v) is 6.52. The van der Waals surface area contributed by atoms with Gasteiger partial charge in [0.1, 0.15) is 0 Å². The lowest BCUT2D eigenvalue weighted by Gasteiger charge is -2.15. The second kappa shape index (κ2) is 3.17. The Hall–Kier alpha value is -0.990. The standard InChI is InChI=1S/C9H8F3/c1-7(9(10,11)12)8-5-3-2-4-6-8/h3-7H,1H3/t7-/m1/s1. The lowest BCUT2D eigenvalue weighted by atomic mass is 10.0. The van der Waals surface area contributed by atoms with Gasteiger partial charge in [-0.15, -0.1) is 0 Å². The number of halogens is 3. The number of rotatable bonds is 1. The SMILES string of the molecule is C[C@H](c1cc[c]cc1)C(F)(F)F. The van der Waals surface area contributed by atoms with Crippen molar-refractivity contribution in [3.63, 3.8) is 0 Å². The van der Waals surface area contributed by atoms with Gasteiger partial charge < -0.3 is 0 Å². The first kappa shape index (κ1) is 9.10. The molecule has 0 aliphatic rings. The highest BCUT2D eigenvalue weighted by molar-refractivity contribution is 5.19. The molecule has 0 N–H and O–H groups in total.